The van der Waals surface area contributed by atoms with Crippen LogP contribution in [0.5, 0.6) is 0 Å². The Morgan fingerprint density at radius 2 is 1.52 bits per heavy atom. The van der Waals surface area contributed by atoms with Crippen LogP contribution >= 0.6 is 0 Å². The fourth-order valence-electron chi connectivity index (χ4n) is 3.12. The van der Waals surface area contributed by atoms with Gasteiger partial charge < -0.3 is 14.4 Å². The summed E-state index contributed by atoms with van der Waals surface area (Å²) >= 11 is 0. The molecule has 0 heterocycles. The zero-order chi connectivity index (χ0) is 17.8. The van der Waals surface area contributed by atoms with Crippen LogP contribution in [-0.4, -0.2) is 43.8 Å². The molecule has 5 heteroatoms. The molecule has 130 valence electrons. The number of esters is 1. The zero-order valence-corrected chi connectivity index (χ0v) is 14.4. The van der Waals surface area contributed by atoms with E-state index in [0.717, 1.165) is 0 Å². The van der Waals surface area contributed by atoms with Crippen LogP contribution in [0.25, 0.3) is 11.1 Å². The summed E-state index contributed by atoms with van der Waals surface area (Å²) < 4.78 is 10.4. The summed E-state index contributed by atoms with van der Waals surface area (Å²) in [4.78, 5) is 24.3. The Labute approximate surface area is 147 Å². The molecule has 1 aliphatic carbocycles. The fraction of sp³-hybridized carbons (Fsp3) is 0.300. The SMILES string of the molecule is CC(=O)OCCN(C)C(=O)OCC1c2ccccc2-c2ccccc21. The van der Waals surface area contributed by atoms with Crippen LogP contribution in [0.3, 0.4) is 0 Å². The quantitative estimate of drug-likeness (QED) is 0.783. The molecule has 0 radical (unpaired) electrons. The molecule has 2 aromatic carbocycles. The Morgan fingerprint density at radius 1 is 0.960 bits per heavy atom. The van der Waals surface area contributed by atoms with Gasteiger partial charge in [0.25, 0.3) is 0 Å². The van der Waals surface area contributed by atoms with Crippen molar-refractivity contribution in [3.8, 4) is 11.1 Å². The van der Waals surface area contributed by atoms with E-state index in [1.165, 1.54) is 34.1 Å². The molecule has 1 aliphatic rings. The maximum absolute atomic E-state index is 12.2. The van der Waals surface area contributed by atoms with Gasteiger partial charge in [-0.25, -0.2) is 4.79 Å². The number of benzene rings is 2. The second-order valence-corrected chi connectivity index (χ2v) is 6.07. The predicted molar refractivity (Wildman–Crippen MR) is 94.3 cm³/mol. The van der Waals surface area contributed by atoms with Crippen LogP contribution < -0.4 is 0 Å². The van der Waals surface area contributed by atoms with Crippen LogP contribution in [0.1, 0.15) is 24.0 Å². The van der Waals surface area contributed by atoms with Gasteiger partial charge in [0, 0.05) is 19.9 Å². The second-order valence-electron chi connectivity index (χ2n) is 6.07. The lowest BCUT2D eigenvalue weighted by Gasteiger charge is -2.19. The van der Waals surface area contributed by atoms with Crippen molar-refractivity contribution in [3.63, 3.8) is 0 Å². The van der Waals surface area contributed by atoms with Crippen LogP contribution in [0.15, 0.2) is 48.5 Å². The third-order valence-corrected chi connectivity index (χ3v) is 4.38. The second kappa shape index (κ2) is 7.38. The molecule has 3 rings (SSSR count). The maximum atomic E-state index is 12.2. The molecule has 0 aliphatic heterocycles. The first kappa shape index (κ1) is 17.0. The van der Waals surface area contributed by atoms with Crippen LogP contribution in [0.4, 0.5) is 4.79 Å². The lowest BCUT2D eigenvalue weighted by molar-refractivity contribution is -0.141. The number of nitrogens with zero attached hydrogens (tertiary/aromatic N) is 1. The minimum atomic E-state index is -0.422. The molecule has 0 fully saturated rings. The van der Waals surface area contributed by atoms with E-state index in [9.17, 15) is 9.59 Å². The van der Waals surface area contributed by atoms with Crippen LogP contribution in [0.2, 0.25) is 0 Å². The van der Waals surface area contributed by atoms with Gasteiger partial charge in [-0.15, -0.1) is 0 Å². The van der Waals surface area contributed by atoms with Crippen molar-refractivity contribution in [2.45, 2.75) is 12.8 Å². The Bertz CT molecular complexity index is 741. The van der Waals surface area contributed by atoms with E-state index in [1.54, 1.807) is 7.05 Å². The van der Waals surface area contributed by atoms with Gasteiger partial charge >= 0.3 is 12.1 Å². The number of carbonyl (C=O) groups excluding carboxylic acids is 2. The molecular formula is C20H21NO4. The van der Waals surface area contributed by atoms with Gasteiger partial charge in [0.15, 0.2) is 0 Å². The highest BCUT2D eigenvalue weighted by Crippen LogP contribution is 2.44. The van der Waals surface area contributed by atoms with Crippen molar-refractivity contribution >= 4 is 12.1 Å². The molecule has 0 spiro atoms. The van der Waals surface area contributed by atoms with Crippen LogP contribution in [-0.2, 0) is 14.3 Å². The smallest absolute Gasteiger partial charge is 0.409 e. The number of rotatable bonds is 5. The molecule has 0 unspecified atom stereocenters. The van der Waals surface area contributed by atoms with Gasteiger partial charge in [-0.3, -0.25) is 4.79 Å². The first-order valence-corrected chi connectivity index (χ1v) is 8.27. The summed E-state index contributed by atoms with van der Waals surface area (Å²) in [6, 6.07) is 16.4. The number of carbonyl (C=O) groups is 2. The van der Waals surface area contributed by atoms with Crippen LogP contribution in [0, 0.1) is 0 Å². The molecule has 1 amide bonds. The Balaban J connectivity index is 1.65. The Hall–Kier alpha value is -2.82. The fourth-order valence-corrected chi connectivity index (χ4v) is 3.12. The normalized spacial score (nSPS) is 12.2. The summed E-state index contributed by atoms with van der Waals surface area (Å²) in [6.07, 6.45) is -0.422. The van der Waals surface area contributed by atoms with Crippen molar-refractivity contribution in [1.82, 2.24) is 4.90 Å². The average molecular weight is 339 g/mol. The third-order valence-electron chi connectivity index (χ3n) is 4.38. The molecule has 25 heavy (non-hydrogen) atoms. The number of amides is 1. The molecule has 0 atom stereocenters. The predicted octanol–water partition coefficient (Wildman–Crippen LogP) is 3.43. The van der Waals surface area contributed by atoms with Crippen molar-refractivity contribution in [2.24, 2.45) is 0 Å². The lowest BCUT2D eigenvalue weighted by Crippen LogP contribution is -2.32. The number of ether oxygens (including phenoxy) is 2. The summed E-state index contributed by atoms with van der Waals surface area (Å²) in [6.45, 7) is 2.09. The standard InChI is InChI=1S/C20H21NO4/c1-14(22)24-12-11-21(2)20(23)25-13-19-17-9-5-3-7-15(17)16-8-4-6-10-18(16)19/h3-10,19H,11-13H2,1-2H3. The van der Waals surface area contributed by atoms with E-state index in [-0.39, 0.29) is 25.1 Å². The van der Waals surface area contributed by atoms with Gasteiger partial charge in [0.2, 0.25) is 0 Å². The minimum Gasteiger partial charge on any atom is -0.464 e. The first-order valence-electron chi connectivity index (χ1n) is 8.27. The molecule has 5 nitrogen and oxygen atoms in total. The van der Waals surface area contributed by atoms with Gasteiger partial charge in [-0.1, -0.05) is 48.5 Å². The van der Waals surface area contributed by atoms with E-state index in [4.69, 9.17) is 9.47 Å². The first-order chi connectivity index (χ1) is 12.1. The van der Waals surface area contributed by atoms with Crippen molar-refractivity contribution < 1.29 is 19.1 Å². The Kier molecular flexibility index (Phi) is 5.03. The monoisotopic (exact) mass is 339 g/mol. The average Bonchev–Trinajstić information content (AvgIpc) is 2.93. The van der Waals surface area contributed by atoms with Gasteiger partial charge in [0.1, 0.15) is 13.2 Å². The van der Waals surface area contributed by atoms with Gasteiger partial charge in [-0.2, -0.15) is 0 Å². The van der Waals surface area contributed by atoms with Crippen molar-refractivity contribution in [3.05, 3.63) is 59.7 Å². The highest BCUT2D eigenvalue weighted by molar-refractivity contribution is 5.79. The van der Waals surface area contributed by atoms with Gasteiger partial charge in [0.05, 0.1) is 6.54 Å². The summed E-state index contributed by atoms with van der Waals surface area (Å²) in [5, 5.41) is 0. The van der Waals surface area contributed by atoms with Gasteiger partial charge in [-0.05, 0) is 22.3 Å². The molecule has 2 aromatic rings. The number of hydrogen-bond acceptors (Lipinski definition) is 4. The summed E-state index contributed by atoms with van der Waals surface area (Å²) in [5.74, 6) is -0.320. The van der Waals surface area contributed by atoms with E-state index in [1.807, 2.05) is 24.3 Å². The molecule has 0 saturated heterocycles. The highest BCUT2D eigenvalue weighted by Gasteiger charge is 2.29. The molecular weight excluding hydrogens is 318 g/mol. The Morgan fingerprint density at radius 3 is 2.08 bits per heavy atom. The topological polar surface area (TPSA) is 55.8 Å². The van der Waals surface area contributed by atoms with Crippen molar-refractivity contribution in [1.29, 1.82) is 0 Å². The van der Waals surface area contributed by atoms with E-state index in [2.05, 4.69) is 24.3 Å². The third kappa shape index (κ3) is 3.65. The largest absolute Gasteiger partial charge is 0.464 e. The molecule has 0 bridgehead atoms. The number of fused-ring (bicyclic) bond motifs is 3. The van der Waals surface area contributed by atoms with E-state index >= 15 is 0 Å². The molecule has 0 saturated carbocycles. The number of hydrogen-bond donors (Lipinski definition) is 0. The summed E-state index contributed by atoms with van der Waals surface area (Å²) in [5.41, 5.74) is 4.75. The van der Waals surface area contributed by atoms with E-state index in [0.29, 0.717) is 6.54 Å². The molecule has 0 aromatic heterocycles. The minimum absolute atomic E-state index is 0.0400. The number of likely N-dealkylation sites (N-methyl/N-ethyl adjacent to an activating group) is 1. The highest BCUT2D eigenvalue weighted by atomic mass is 16.6. The van der Waals surface area contributed by atoms with E-state index < -0.39 is 6.09 Å². The van der Waals surface area contributed by atoms with Crippen molar-refractivity contribution in [2.75, 3.05) is 26.8 Å². The maximum Gasteiger partial charge on any atom is 0.409 e. The zero-order valence-electron chi connectivity index (χ0n) is 14.4. The molecule has 0 N–H and O–H groups in total. The summed E-state index contributed by atoms with van der Waals surface area (Å²) in [7, 11) is 1.63. The lowest BCUT2D eigenvalue weighted by atomic mass is 9.98.